The quantitative estimate of drug-likeness (QED) is 0.814. The first-order valence-electron chi connectivity index (χ1n) is 7.23. The fraction of sp³-hybridized carbons (Fsp3) is 0.375. The summed E-state index contributed by atoms with van der Waals surface area (Å²) in [6, 6.07) is 9.44. The molecule has 0 unspecified atom stereocenters. The average Bonchev–Trinajstić information content (AvgIpc) is 3.20. The summed E-state index contributed by atoms with van der Waals surface area (Å²) in [7, 11) is -3.40. The molecule has 112 valence electrons. The first-order valence-corrected chi connectivity index (χ1v) is 9.61. The highest BCUT2D eigenvalue weighted by Gasteiger charge is 2.38. The van der Waals surface area contributed by atoms with Gasteiger partial charge in [0, 0.05) is 12.6 Å². The molecule has 0 amide bonds. The minimum atomic E-state index is -3.40. The summed E-state index contributed by atoms with van der Waals surface area (Å²) < 4.78 is 27.4. The summed E-state index contributed by atoms with van der Waals surface area (Å²) in [5.74, 6) is 0. The molecule has 1 heterocycles. The zero-order valence-corrected chi connectivity index (χ0v) is 13.7. The van der Waals surface area contributed by atoms with Crippen LogP contribution in [0.2, 0.25) is 0 Å². The normalized spacial score (nSPS) is 15.5. The molecule has 1 aromatic carbocycles. The molecule has 5 heteroatoms. The Balaban J connectivity index is 1.89. The van der Waals surface area contributed by atoms with Gasteiger partial charge in [-0.1, -0.05) is 19.1 Å². The van der Waals surface area contributed by atoms with Crippen LogP contribution in [0.15, 0.2) is 46.0 Å². The van der Waals surface area contributed by atoms with E-state index in [1.54, 1.807) is 27.8 Å². The molecule has 1 fully saturated rings. The molecule has 1 saturated carbocycles. The summed E-state index contributed by atoms with van der Waals surface area (Å²) >= 11 is 1.60. The molecule has 2 aromatic rings. The van der Waals surface area contributed by atoms with Crippen LogP contribution in [0, 0.1) is 0 Å². The Morgan fingerprint density at radius 3 is 2.38 bits per heavy atom. The third-order valence-electron chi connectivity index (χ3n) is 3.81. The van der Waals surface area contributed by atoms with Crippen molar-refractivity contribution in [3.8, 4) is 0 Å². The van der Waals surface area contributed by atoms with Crippen molar-refractivity contribution in [2.75, 3.05) is 0 Å². The second kappa shape index (κ2) is 5.91. The highest BCUT2D eigenvalue weighted by atomic mass is 32.2. The molecule has 0 spiro atoms. The van der Waals surface area contributed by atoms with Gasteiger partial charge in [-0.15, -0.1) is 0 Å². The molecule has 1 aliphatic carbocycles. The average molecular weight is 321 g/mol. The van der Waals surface area contributed by atoms with Crippen LogP contribution >= 0.6 is 11.3 Å². The Kier molecular flexibility index (Phi) is 4.15. The Morgan fingerprint density at radius 1 is 1.14 bits per heavy atom. The Morgan fingerprint density at radius 2 is 1.86 bits per heavy atom. The number of benzene rings is 1. The molecule has 0 saturated heterocycles. The standard InChI is InChI=1S/C16H19NO2S2/c1-2-13-3-7-16(8-4-13)21(18,19)17(15-5-6-15)11-14-9-10-20-12-14/h3-4,7-10,12,15H,2,5-6,11H2,1H3. The number of sulfonamides is 1. The van der Waals surface area contributed by atoms with Gasteiger partial charge < -0.3 is 0 Å². The van der Waals surface area contributed by atoms with Crippen LogP contribution < -0.4 is 0 Å². The number of hydrogen-bond acceptors (Lipinski definition) is 3. The molecule has 21 heavy (non-hydrogen) atoms. The van der Waals surface area contributed by atoms with E-state index in [1.807, 2.05) is 29.0 Å². The maximum atomic E-state index is 12.9. The van der Waals surface area contributed by atoms with E-state index in [-0.39, 0.29) is 6.04 Å². The van der Waals surface area contributed by atoms with Gasteiger partial charge in [0.25, 0.3) is 0 Å². The van der Waals surface area contributed by atoms with Gasteiger partial charge in [-0.3, -0.25) is 0 Å². The van der Waals surface area contributed by atoms with E-state index in [2.05, 4.69) is 6.92 Å². The van der Waals surface area contributed by atoms with Gasteiger partial charge in [-0.2, -0.15) is 15.6 Å². The molecule has 0 aliphatic heterocycles. The van der Waals surface area contributed by atoms with Crippen LogP contribution in [-0.4, -0.2) is 18.8 Å². The molecule has 0 bridgehead atoms. The first-order chi connectivity index (χ1) is 10.1. The van der Waals surface area contributed by atoms with E-state index in [1.165, 1.54) is 0 Å². The molecule has 1 aliphatic rings. The summed E-state index contributed by atoms with van der Waals surface area (Å²) in [6.07, 6.45) is 2.86. The summed E-state index contributed by atoms with van der Waals surface area (Å²) in [5, 5.41) is 4.01. The number of thiophene rings is 1. The van der Waals surface area contributed by atoms with Gasteiger partial charge in [0.2, 0.25) is 10.0 Å². The fourth-order valence-corrected chi connectivity index (χ4v) is 4.70. The monoisotopic (exact) mass is 321 g/mol. The van der Waals surface area contributed by atoms with Crippen molar-refractivity contribution in [2.24, 2.45) is 0 Å². The van der Waals surface area contributed by atoms with E-state index in [0.717, 1.165) is 30.4 Å². The molecular weight excluding hydrogens is 302 g/mol. The molecule has 0 atom stereocenters. The second-order valence-electron chi connectivity index (χ2n) is 5.41. The van der Waals surface area contributed by atoms with Gasteiger partial charge in [0.15, 0.2) is 0 Å². The number of nitrogens with zero attached hydrogens (tertiary/aromatic N) is 1. The zero-order chi connectivity index (χ0) is 14.9. The maximum Gasteiger partial charge on any atom is 0.243 e. The third-order valence-corrected chi connectivity index (χ3v) is 6.46. The van der Waals surface area contributed by atoms with Gasteiger partial charge in [-0.05, 0) is 59.3 Å². The van der Waals surface area contributed by atoms with Crippen molar-refractivity contribution < 1.29 is 8.42 Å². The largest absolute Gasteiger partial charge is 0.243 e. The van der Waals surface area contributed by atoms with Crippen molar-refractivity contribution in [1.29, 1.82) is 0 Å². The van der Waals surface area contributed by atoms with Crippen LogP contribution in [-0.2, 0) is 23.0 Å². The Bertz CT molecular complexity index is 686. The summed E-state index contributed by atoms with van der Waals surface area (Å²) in [6.45, 7) is 2.54. The van der Waals surface area contributed by atoms with E-state index >= 15 is 0 Å². The SMILES string of the molecule is CCc1ccc(S(=O)(=O)N(Cc2ccsc2)C2CC2)cc1. The van der Waals surface area contributed by atoms with E-state index in [9.17, 15) is 8.42 Å². The van der Waals surface area contributed by atoms with E-state index in [0.29, 0.717) is 11.4 Å². The highest BCUT2D eigenvalue weighted by Crippen LogP contribution is 2.33. The summed E-state index contributed by atoms with van der Waals surface area (Å²) in [5.41, 5.74) is 2.23. The smallest absolute Gasteiger partial charge is 0.207 e. The molecule has 3 nitrogen and oxygen atoms in total. The van der Waals surface area contributed by atoms with Gasteiger partial charge >= 0.3 is 0 Å². The van der Waals surface area contributed by atoms with Gasteiger partial charge in [-0.25, -0.2) is 8.42 Å². The van der Waals surface area contributed by atoms with Crippen LogP contribution in [0.25, 0.3) is 0 Å². The van der Waals surface area contributed by atoms with Crippen molar-refractivity contribution in [2.45, 2.75) is 43.7 Å². The zero-order valence-electron chi connectivity index (χ0n) is 12.0. The van der Waals surface area contributed by atoms with Crippen LogP contribution in [0.3, 0.4) is 0 Å². The fourth-order valence-electron chi connectivity index (χ4n) is 2.37. The van der Waals surface area contributed by atoms with E-state index in [4.69, 9.17) is 0 Å². The molecule has 1 aromatic heterocycles. The maximum absolute atomic E-state index is 12.9. The Labute approximate surface area is 130 Å². The number of hydrogen-bond donors (Lipinski definition) is 0. The van der Waals surface area contributed by atoms with Crippen LogP contribution in [0.4, 0.5) is 0 Å². The summed E-state index contributed by atoms with van der Waals surface area (Å²) in [4.78, 5) is 0.404. The second-order valence-corrected chi connectivity index (χ2v) is 8.08. The predicted molar refractivity (Wildman–Crippen MR) is 85.9 cm³/mol. The lowest BCUT2D eigenvalue weighted by Gasteiger charge is -2.21. The van der Waals surface area contributed by atoms with Crippen molar-refractivity contribution in [3.63, 3.8) is 0 Å². The molecule has 3 rings (SSSR count). The molecular formula is C16H19NO2S2. The third kappa shape index (κ3) is 3.20. The lowest BCUT2D eigenvalue weighted by atomic mass is 10.2. The van der Waals surface area contributed by atoms with Crippen LogP contribution in [0.5, 0.6) is 0 Å². The van der Waals surface area contributed by atoms with Gasteiger partial charge in [0.05, 0.1) is 4.90 Å². The predicted octanol–water partition coefficient (Wildman–Crippen LogP) is 3.66. The number of aryl methyl sites for hydroxylation is 1. The lowest BCUT2D eigenvalue weighted by Crippen LogP contribution is -2.32. The first kappa shape index (κ1) is 14.8. The minimum Gasteiger partial charge on any atom is -0.207 e. The van der Waals surface area contributed by atoms with Gasteiger partial charge in [0.1, 0.15) is 0 Å². The Hall–Kier alpha value is -1.17. The number of rotatable bonds is 6. The topological polar surface area (TPSA) is 37.4 Å². The van der Waals surface area contributed by atoms with Crippen LogP contribution in [0.1, 0.15) is 30.9 Å². The van der Waals surface area contributed by atoms with Crippen molar-refractivity contribution >= 4 is 21.4 Å². The lowest BCUT2D eigenvalue weighted by molar-refractivity contribution is 0.399. The molecule has 0 N–H and O–H groups in total. The van der Waals surface area contributed by atoms with E-state index < -0.39 is 10.0 Å². The van der Waals surface area contributed by atoms with Crippen molar-refractivity contribution in [3.05, 3.63) is 52.2 Å². The molecule has 0 radical (unpaired) electrons. The van der Waals surface area contributed by atoms with Crippen molar-refractivity contribution in [1.82, 2.24) is 4.31 Å². The highest BCUT2D eigenvalue weighted by molar-refractivity contribution is 7.89. The minimum absolute atomic E-state index is 0.167.